The average Bonchev–Trinajstić information content (AvgIpc) is 2.72. The largest absolute Gasteiger partial charge is 0.256 e. The fraction of sp³-hybridized carbons (Fsp3) is 0. The van der Waals surface area contributed by atoms with Crippen LogP contribution in [0.1, 0.15) is 0 Å². The molecule has 0 aliphatic heterocycles. The van der Waals surface area contributed by atoms with E-state index < -0.39 is 0 Å². The monoisotopic (exact) mass is 329 g/mol. The van der Waals surface area contributed by atoms with Crippen molar-refractivity contribution in [2.75, 3.05) is 0 Å². The molecule has 0 bridgehead atoms. The van der Waals surface area contributed by atoms with E-state index in [1.165, 1.54) is 0 Å². The second-order valence-corrected chi connectivity index (χ2v) is 6.22. The molecule has 0 N–H and O–H groups in total. The fourth-order valence-corrected chi connectivity index (χ4v) is 3.78. The Hall–Kier alpha value is -3.95. The van der Waals surface area contributed by atoms with Crippen LogP contribution in [0.4, 0.5) is 11.4 Å². The van der Waals surface area contributed by atoms with Gasteiger partial charge in [-0.3, -0.25) is 14.7 Å². The first kappa shape index (κ1) is 14.4. The SMILES string of the molecule is [C-]#[N+]c1cc2c3cccnc3c3ccc4ccccc4c3c2cc1[N+]#[C-]. The van der Waals surface area contributed by atoms with E-state index >= 15 is 0 Å². The third-order valence-corrected chi connectivity index (χ3v) is 4.91. The lowest BCUT2D eigenvalue weighted by Gasteiger charge is -2.13. The van der Waals surface area contributed by atoms with Crippen LogP contribution in [0.2, 0.25) is 0 Å². The minimum atomic E-state index is 0.386. The summed E-state index contributed by atoms with van der Waals surface area (Å²) in [5, 5.41) is 7.41. The van der Waals surface area contributed by atoms with Crippen molar-refractivity contribution < 1.29 is 0 Å². The predicted octanol–water partition coefficient (Wildman–Crippen LogP) is 6.80. The van der Waals surface area contributed by atoms with Crippen molar-refractivity contribution in [1.82, 2.24) is 4.98 Å². The van der Waals surface area contributed by atoms with Gasteiger partial charge in [0.25, 0.3) is 0 Å². The van der Waals surface area contributed by atoms with Crippen molar-refractivity contribution >= 4 is 54.6 Å². The lowest BCUT2D eigenvalue weighted by atomic mass is 9.92. The van der Waals surface area contributed by atoms with E-state index in [1.54, 1.807) is 6.20 Å². The van der Waals surface area contributed by atoms with E-state index in [4.69, 9.17) is 13.1 Å². The number of rotatable bonds is 0. The topological polar surface area (TPSA) is 21.6 Å². The van der Waals surface area contributed by atoms with Gasteiger partial charge in [-0.2, -0.15) is 0 Å². The van der Waals surface area contributed by atoms with Crippen LogP contribution in [-0.4, -0.2) is 4.98 Å². The van der Waals surface area contributed by atoms with Gasteiger partial charge < -0.3 is 0 Å². The Balaban J connectivity index is 2.20. The summed E-state index contributed by atoms with van der Waals surface area (Å²) in [5.41, 5.74) is 1.70. The lowest BCUT2D eigenvalue weighted by Crippen LogP contribution is -1.87. The molecule has 0 spiro atoms. The van der Waals surface area contributed by atoms with E-state index in [0.29, 0.717) is 11.4 Å². The van der Waals surface area contributed by atoms with E-state index in [1.807, 2.05) is 36.4 Å². The Bertz CT molecular complexity index is 1440. The highest BCUT2D eigenvalue weighted by atomic mass is 14.7. The number of fused-ring (bicyclic) bond motifs is 8. The molecular weight excluding hydrogens is 318 g/mol. The van der Waals surface area contributed by atoms with Crippen LogP contribution in [0.5, 0.6) is 0 Å². The molecule has 5 rings (SSSR count). The van der Waals surface area contributed by atoms with Gasteiger partial charge in [0.05, 0.1) is 18.7 Å². The smallest absolute Gasteiger partial charge is 0.195 e. The van der Waals surface area contributed by atoms with Gasteiger partial charge in [-0.15, -0.1) is 0 Å². The maximum atomic E-state index is 7.47. The van der Waals surface area contributed by atoms with Crippen LogP contribution in [0, 0.1) is 13.1 Å². The van der Waals surface area contributed by atoms with Gasteiger partial charge in [0.1, 0.15) is 0 Å². The summed E-state index contributed by atoms with van der Waals surface area (Å²) in [6.45, 7) is 14.9. The normalized spacial score (nSPS) is 11.0. The highest BCUT2D eigenvalue weighted by Gasteiger charge is 2.14. The molecule has 1 heterocycles. The van der Waals surface area contributed by atoms with Crippen molar-refractivity contribution in [2.24, 2.45) is 0 Å². The van der Waals surface area contributed by atoms with E-state index in [9.17, 15) is 0 Å². The standard InChI is InChI=1S/C23H11N3/c1-24-20-12-18-16-8-5-11-26-23(16)17-10-9-14-6-3-4-7-15(14)22(17)19(18)13-21(20)25-2/h3-13H. The molecule has 4 aromatic carbocycles. The van der Waals surface area contributed by atoms with E-state index in [0.717, 1.165) is 43.2 Å². The van der Waals surface area contributed by atoms with Crippen LogP contribution in [0.25, 0.3) is 52.9 Å². The van der Waals surface area contributed by atoms with Gasteiger partial charge in [-0.05, 0) is 33.0 Å². The van der Waals surface area contributed by atoms with Gasteiger partial charge in [-0.1, -0.05) is 54.6 Å². The van der Waals surface area contributed by atoms with Crippen molar-refractivity contribution in [3.05, 3.63) is 89.7 Å². The Morgan fingerprint density at radius 1 is 0.654 bits per heavy atom. The molecular formula is C23H11N3. The zero-order valence-corrected chi connectivity index (χ0v) is 13.7. The molecule has 0 amide bonds. The van der Waals surface area contributed by atoms with Gasteiger partial charge in [-0.25, -0.2) is 0 Å². The summed E-state index contributed by atoms with van der Waals surface area (Å²) in [7, 11) is 0. The average molecular weight is 329 g/mol. The first-order chi connectivity index (χ1) is 12.8. The zero-order chi connectivity index (χ0) is 17.7. The molecule has 0 aliphatic rings. The molecule has 0 unspecified atom stereocenters. The second kappa shape index (κ2) is 5.28. The Kier molecular flexibility index (Phi) is 2.92. The third kappa shape index (κ3) is 1.83. The number of hydrogen-bond donors (Lipinski definition) is 0. The summed E-state index contributed by atoms with van der Waals surface area (Å²) in [5.74, 6) is 0. The van der Waals surface area contributed by atoms with Gasteiger partial charge >= 0.3 is 0 Å². The second-order valence-electron chi connectivity index (χ2n) is 6.22. The maximum Gasteiger partial charge on any atom is 0.195 e. The molecule has 0 radical (unpaired) electrons. The van der Waals surface area contributed by atoms with Crippen LogP contribution in [-0.2, 0) is 0 Å². The molecule has 5 aromatic rings. The van der Waals surface area contributed by atoms with Crippen LogP contribution in [0.15, 0.2) is 66.9 Å². The molecule has 26 heavy (non-hydrogen) atoms. The van der Waals surface area contributed by atoms with Gasteiger partial charge in [0.15, 0.2) is 11.4 Å². The maximum absolute atomic E-state index is 7.47. The fourth-order valence-electron chi connectivity index (χ4n) is 3.78. The molecule has 0 aliphatic carbocycles. The highest BCUT2D eigenvalue weighted by Crippen LogP contribution is 2.42. The predicted molar refractivity (Wildman–Crippen MR) is 107 cm³/mol. The number of pyridine rings is 1. The zero-order valence-electron chi connectivity index (χ0n) is 13.7. The van der Waals surface area contributed by atoms with Crippen molar-refractivity contribution in [1.29, 1.82) is 0 Å². The van der Waals surface area contributed by atoms with Crippen molar-refractivity contribution in [3.63, 3.8) is 0 Å². The Morgan fingerprint density at radius 2 is 1.38 bits per heavy atom. The molecule has 3 heteroatoms. The Morgan fingerprint density at radius 3 is 2.19 bits per heavy atom. The van der Waals surface area contributed by atoms with E-state index in [2.05, 4.69) is 38.9 Å². The van der Waals surface area contributed by atoms with Crippen LogP contribution < -0.4 is 0 Å². The molecule has 0 fully saturated rings. The third-order valence-electron chi connectivity index (χ3n) is 4.91. The molecule has 118 valence electrons. The van der Waals surface area contributed by atoms with Crippen molar-refractivity contribution in [2.45, 2.75) is 0 Å². The van der Waals surface area contributed by atoms with E-state index in [-0.39, 0.29) is 0 Å². The number of hydrogen-bond acceptors (Lipinski definition) is 1. The van der Waals surface area contributed by atoms with Crippen LogP contribution in [0.3, 0.4) is 0 Å². The van der Waals surface area contributed by atoms with Crippen LogP contribution >= 0.6 is 0 Å². The first-order valence-electron chi connectivity index (χ1n) is 8.22. The molecule has 0 atom stereocenters. The summed E-state index contributed by atoms with van der Waals surface area (Å²) in [6, 6.07) is 20.1. The number of aromatic nitrogens is 1. The van der Waals surface area contributed by atoms with Gasteiger partial charge in [0.2, 0.25) is 0 Å². The minimum absolute atomic E-state index is 0.386. The highest BCUT2D eigenvalue weighted by molar-refractivity contribution is 6.31. The summed E-state index contributed by atoms with van der Waals surface area (Å²) >= 11 is 0. The molecule has 0 saturated carbocycles. The Labute approximate surface area is 149 Å². The minimum Gasteiger partial charge on any atom is -0.256 e. The number of nitrogens with zero attached hydrogens (tertiary/aromatic N) is 3. The molecule has 0 saturated heterocycles. The summed E-state index contributed by atoms with van der Waals surface area (Å²) in [4.78, 5) is 11.8. The first-order valence-corrected chi connectivity index (χ1v) is 8.22. The lowest BCUT2D eigenvalue weighted by molar-refractivity contribution is 1.43. The quantitative estimate of drug-likeness (QED) is 0.226. The summed E-state index contributed by atoms with van der Waals surface area (Å²) in [6.07, 6.45) is 1.80. The number of benzene rings is 4. The van der Waals surface area contributed by atoms with Crippen molar-refractivity contribution in [3.8, 4) is 0 Å². The molecule has 1 aromatic heterocycles. The summed E-state index contributed by atoms with van der Waals surface area (Å²) < 4.78 is 0. The van der Waals surface area contributed by atoms with Gasteiger partial charge in [0, 0.05) is 17.0 Å². The molecule has 3 nitrogen and oxygen atoms in total.